The molecule has 0 saturated carbocycles. The number of hydrogen-bond acceptors (Lipinski definition) is 5. The number of aromatic nitrogens is 2. The van der Waals surface area contributed by atoms with Crippen LogP contribution in [0.4, 0.5) is 10.1 Å². The number of para-hydroxylation sites is 1. The molecule has 0 atom stereocenters. The average molecular weight is 285 g/mol. The molecule has 0 aliphatic heterocycles. The van der Waals surface area contributed by atoms with E-state index in [2.05, 4.69) is 10.1 Å². The van der Waals surface area contributed by atoms with Gasteiger partial charge < -0.3 is 15.0 Å². The monoisotopic (exact) mass is 285 g/mol. The minimum atomic E-state index is -0.517. The molecule has 0 fully saturated rings. The first-order valence-corrected chi connectivity index (χ1v) is 6.21. The molecule has 106 valence electrons. The molecule has 3 rings (SSSR count). The Hall–Kier alpha value is -2.89. The molecular weight excluding hydrogens is 273 g/mol. The van der Waals surface area contributed by atoms with Crippen LogP contribution in [0.25, 0.3) is 22.8 Å². The molecule has 1 aromatic heterocycles. The molecule has 5 nitrogen and oxygen atoms in total. The first-order valence-electron chi connectivity index (χ1n) is 6.21. The van der Waals surface area contributed by atoms with Gasteiger partial charge >= 0.3 is 0 Å². The van der Waals surface area contributed by atoms with Crippen molar-refractivity contribution >= 4 is 5.69 Å². The summed E-state index contributed by atoms with van der Waals surface area (Å²) in [7, 11) is 1.59. The average Bonchev–Trinajstić information content (AvgIpc) is 3.00. The molecule has 0 aliphatic rings. The molecule has 0 bridgehead atoms. The molecule has 0 radical (unpaired) electrons. The molecule has 0 saturated heterocycles. The topological polar surface area (TPSA) is 74.2 Å². The van der Waals surface area contributed by atoms with Crippen molar-refractivity contribution in [3.63, 3.8) is 0 Å². The third-order valence-corrected chi connectivity index (χ3v) is 3.06. The maximum atomic E-state index is 13.4. The largest absolute Gasteiger partial charge is 0.497 e. The molecule has 0 aliphatic carbocycles. The van der Waals surface area contributed by atoms with Gasteiger partial charge in [0.05, 0.1) is 18.4 Å². The summed E-state index contributed by atoms with van der Waals surface area (Å²) in [5.74, 6) is 0.794. The standard InChI is InChI=1S/C15H12FN3O2/c1-20-10-7-5-9(6-8-10)14-18-15(21-19-14)11-3-2-4-12(16)13(11)17/h2-8H,17H2,1H3. The fraction of sp³-hybridized carbons (Fsp3) is 0.0667. The van der Waals surface area contributed by atoms with E-state index in [1.54, 1.807) is 25.3 Å². The van der Waals surface area contributed by atoms with Crippen LogP contribution >= 0.6 is 0 Å². The highest BCUT2D eigenvalue weighted by atomic mass is 19.1. The van der Waals surface area contributed by atoms with E-state index in [4.69, 9.17) is 15.0 Å². The second kappa shape index (κ2) is 5.24. The SMILES string of the molecule is COc1ccc(-c2noc(-c3cccc(F)c3N)n2)cc1. The van der Waals surface area contributed by atoms with Crippen molar-refractivity contribution < 1.29 is 13.7 Å². The first kappa shape index (κ1) is 13.1. The number of anilines is 1. The van der Waals surface area contributed by atoms with Gasteiger partial charge in [0, 0.05) is 5.56 Å². The van der Waals surface area contributed by atoms with Crippen LogP contribution in [0.2, 0.25) is 0 Å². The van der Waals surface area contributed by atoms with Crippen LogP contribution in [0.15, 0.2) is 47.0 Å². The summed E-state index contributed by atoms with van der Waals surface area (Å²) in [5, 5.41) is 3.88. The van der Waals surface area contributed by atoms with Crippen molar-refractivity contribution in [2.45, 2.75) is 0 Å². The molecule has 3 aromatic rings. The van der Waals surface area contributed by atoms with E-state index in [9.17, 15) is 4.39 Å². The van der Waals surface area contributed by atoms with Crippen molar-refractivity contribution in [3.05, 3.63) is 48.3 Å². The van der Waals surface area contributed by atoms with Crippen molar-refractivity contribution in [1.29, 1.82) is 0 Å². The van der Waals surface area contributed by atoms with Crippen LogP contribution in [0.5, 0.6) is 5.75 Å². The molecule has 0 spiro atoms. The summed E-state index contributed by atoms with van der Waals surface area (Å²) in [6, 6.07) is 11.6. The number of halogens is 1. The summed E-state index contributed by atoms with van der Waals surface area (Å²) in [6.07, 6.45) is 0. The van der Waals surface area contributed by atoms with E-state index < -0.39 is 5.82 Å². The quantitative estimate of drug-likeness (QED) is 0.748. The van der Waals surface area contributed by atoms with Gasteiger partial charge in [0.25, 0.3) is 5.89 Å². The molecule has 6 heteroatoms. The summed E-state index contributed by atoms with van der Waals surface area (Å²) < 4.78 is 23.7. The van der Waals surface area contributed by atoms with Gasteiger partial charge in [-0.1, -0.05) is 11.2 Å². The molecule has 0 amide bonds. The smallest absolute Gasteiger partial charge is 0.260 e. The van der Waals surface area contributed by atoms with Gasteiger partial charge in [-0.05, 0) is 36.4 Å². The molecular formula is C15H12FN3O2. The predicted molar refractivity (Wildman–Crippen MR) is 76.1 cm³/mol. The second-order valence-electron chi connectivity index (χ2n) is 4.35. The number of benzene rings is 2. The van der Waals surface area contributed by atoms with Crippen LogP contribution in [-0.4, -0.2) is 17.3 Å². The van der Waals surface area contributed by atoms with Crippen LogP contribution in [-0.2, 0) is 0 Å². The Balaban J connectivity index is 1.97. The van der Waals surface area contributed by atoms with Crippen LogP contribution in [0.3, 0.4) is 0 Å². The zero-order valence-electron chi connectivity index (χ0n) is 11.2. The lowest BCUT2D eigenvalue weighted by molar-refractivity contribution is 0.415. The van der Waals surface area contributed by atoms with Gasteiger partial charge in [0.2, 0.25) is 5.82 Å². The summed E-state index contributed by atoms with van der Waals surface area (Å²) in [4.78, 5) is 4.24. The van der Waals surface area contributed by atoms with E-state index in [1.165, 1.54) is 12.1 Å². The number of ether oxygens (including phenoxy) is 1. The van der Waals surface area contributed by atoms with Gasteiger partial charge in [-0.2, -0.15) is 4.98 Å². The number of rotatable bonds is 3. The Morgan fingerprint density at radius 1 is 1.14 bits per heavy atom. The maximum Gasteiger partial charge on any atom is 0.260 e. The number of methoxy groups -OCH3 is 1. The minimum absolute atomic E-state index is 0.0116. The molecule has 2 aromatic carbocycles. The fourth-order valence-electron chi connectivity index (χ4n) is 1.91. The molecule has 2 N–H and O–H groups in total. The van der Waals surface area contributed by atoms with E-state index in [0.717, 1.165) is 11.3 Å². The van der Waals surface area contributed by atoms with Crippen molar-refractivity contribution in [3.8, 4) is 28.6 Å². The van der Waals surface area contributed by atoms with Crippen LogP contribution in [0, 0.1) is 5.82 Å². The van der Waals surface area contributed by atoms with Crippen LogP contribution in [0.1, 0.15) is 0 Å². The van der Waals surface area contributed by atoms with E-state index in [-0.39, 0.29) is 11.6 Å². The zero-order chi connectivity index (χ0) is 14.8. The van der Waals surface area contributed by atoms with Gasteiger partial charge in [-0.25, -0.2) is 4.39 Å². The van der Waals surface area contributed by atoms with Crippen molar-refractivity contribution in [1.82, 2.24) is 10.1 Å². The lowest BCUT2D eigenvalue weighted by Gasteiger charge is -2.00. The van der Waals surface area contributed by atoms with E-state index in [1.807, 2.05) is 12.1 Å². The number of nitrogens with zero attached hydrogens (tertiary/aromatic N) is 2. The Bertz CT molecular complexity index is 769. The highest BCUT2D eigenvalue weighted by Gasteiger charge is 2.14. The maximum absolute atomic E-state index is 13.4. The van der Waals surface area contributed by atoms with E-state index in [0.29, 0.717) is 11.4 Å². The zero-order valence-corrected chi connectivity index (χ0v) is 11.2. The third-order valence-electron chi connectivity index (χ3n) is 3.06. The van der Waals surface area contributed by atoms with Crippen LogP contribution < -0.4 is 10.5 Å². The number of hydrogen-bond donors (Lipinski definition) is 1. The van der Waals surface area contributed by atoms with Gasteiger partial charge in [0.15, 0.2) is 0 Å². The van der Waals surface area contributed by atoms with Crippen molar-refractivity contribution in [2.75, 3.05) is 12.8 Å². The second-order valence-corrected chi connectivity index (χ2v) is 4.35. The lowest BCUT2D eigenvalue weighted by atomic mass is 10.1. The van der Waals surface area contributed by atoms with Gasteiger partial charge in [-0.15, -0.1) is 0 Å². The van der Waals surface area contributed by atoms with Gasteiger partial charge in [0.1, 0.15) is 11.6 Å². The Kier molecular flexibility index (Phi) is 3.27. The number of nitrogen functional groups attached to an aromatic ring is 1. The lowest BCUT2D eigenvalue weighted by Crippen LogP contribution is -1.94. The van der Waals surface area contributed by atoms with E-state index >= 15 is 0 Å². The summed E-state index contributed by atoms with van der Waals surface area (Å²) >= 11 is 0. The predicted octanol–water partition coefficient (Wildman–Crippen LogP) is 3.13. The molecule has 1 heterocycles. The minimum Gasteiger partial charge on any atom is -0.497 e. The summed E-state index contributed by atoms with van der Waals surface area (Å²) in [6.45, 7) is 0. The Morgan fingerprint density at radius 3 is 2.62 bits per heavy atom. The molecule has 0 unspecified atom stereocenters. The third kappa shape index (κ3) is 2.43. The normalized spacial score (nSPS) is 10.6. The highest BCUT2D eigenvalue weighted by molar-refractivity contribution is 5.71. The fourth-order valence-corrected chi connectivity index (χ4v) is 1.91. The number of nitrogens with two attached hydrogens (primary N) is 1. The van der Waals surface area contributed by atoms with Gasteiger partial charge in [-0.3, -0.25) is 0 Å². The summed E-state index contributed by atoms with van der Waals surface area (Å²) in [5.41, 5.74) is 6.81. The Labute approximate surface area is 120 Å². The first-order chi connectivity index (χ1) is 10.2. The highest BCUT2D eigenvalue weighted by Crippen LogP contribution is 2.28. The molecule has 21 heavy (non-hydrogen) atoms. The van der Waals surface area contributed by atoms with Crippen molar-refractivity contribution in [2.24, 2.45) is 0 Å². The Morgan fingerprint density at radius 2 is 1.90 bits per heavy atom.